The highest BCUT2D eigenvalue weighted by atomic mass is 16.4. The maximum atomic E-state index is 12.8. The summed E-state index contributed by atoms with van der Waals surface area (Å²) in [6.07, 6.45) is 2.93. The lowest BCUT2D eigenvalue weighted by atomic mass is 9.96. The molecule has 0 saturated carbocycles. The van der Waals surface area contributed by atoms with Crippen LogP contribution in [0.15, 0.2) is 41.0 Å². The molecule has 1 aliphatic heterocycles. The van der Waals surface area contributed by atoms with E-state index in [0.29, 0.717) is 13.1 Å². The number of carboxylic acid groups (broad SMARTS) is 1. The smallest absolute Gasteiger partial charge is 0.338 e. The highest BCUT2D eigenvalue weighted by Gasteiger charge is 2.31. The maximum absolute atomic E-state index is 12.8. The van der Waals surface area contributed by atoms with Crippen LogP contribution in [0.4, 0.5) is 0 Å². The molecule has 2 aromatic heterocycles. The molecule has 4 rings (SSSR count). The Morgan fingerprint density at radius 3 is 2.79 bits per heavy atom. The van der Waals surface area contributed by atoms with Gasteiger partial charge < -0.3 is 19.0 Å². The average Bonchev–Trinajstić information content (AvgIpc) is 3.32. The van der Waals surface area contributed by atoms with Gasteiger partial charge in [0.15, 0.2) is 5.76 Å². The van der Waals surface area contributed by atoms with Crippen LogP contribution in [0.25, 0.3) is 11.0 Å². The molecule has 3 aromatic rings. The Bertz CT molecular complexity index is 1030. The number of nitrogens with zero attached hydrogens (tertiary/aromatic N) is 3. The number of hydrogen-bond donors (Lipinski definition) is 1. The number of aromatic carboxylic acids is 1. The highest BCUT2D eigenvalue weighted by Crippen LogP contribution is 2.32. The van der Waals surface area contributed by atoms with Crippen LogP contribution < -0.4 is 0 Å². The molecule has 0 aliphatic carbocycles. The van der Waals surface area contributed by atoms with E-state index in [1.807, 2.05) is 18.2 Å². The van der Waals surface area contributed by atoms with E-state index in [1.165, 1.54) is 6.07 Å². The molecule has 1 fully saturated rings. The average molecular weight is 381 g/mol. The number of carbonyl (C=O) groups is 2. The lowest BCUT2D eigenvalue weighted by molar-refractivity contribution is 0.0668. The van der Waals surface area contributed by atoms with Crippen molar-refractivity contribution in [1.82, 2.24) is 14.5 Å². The second kappa shape index (κ2) is 7.14. The molecular weight excluding hydrogens is 358 g/mol. The van der Waals surface area contributed by atoms with Crippen molar-refractivity contribution in [3.8, 4) is 0 Å². The third-order valence-corrected chi connectivity index (χ3v) is 5.27. The van der Waals surface area contributed by atoms with Crippen LogP contribution in [0, 0.1) is 0 Å². The lowest BCUT2D eigenvalue weighted by Gasteiger charge is -2.32. The van der Waals surface area contributed by atoms with Gasteiger partial charge in [0.05, 0.1) is 16.6 Å². The summed E-state index contributed by atoms with van der Waals surface area (Å²) in [5.41, 5.74) is 2.05. The Balaban J connectivity index is 1.62. The predicted octanol–water partition coefficient (Wildman–Crippen LogP) is 3.93. The minimum absolute atomic E-state index is 0.0153. The van der Waals surface area contributed by atoms with E-state index in [1.54, 1.807) is 4.90 Å². The van der Waals surface area contributed by atoms with Gasteiger partial charge in [0.1, 0.15) is 12.1 Å². The van der Waals surface area contributed by atoms with E-state index in [0.717, 1.165) is 36.0 Å². The molecule has 1 unspecified atom stereocenters. The van der Waals surface area contributed by atoms with E-state index in [2.05, 4.69) is 24.5 Å². The summed E-state index contributed by atoms with van der Waals surface area (Å²) < 4.78 is 7.45. The number of para-hydroxylation sites is 2. The van der Waals surface area contributed by atoms with Crippen LogP contribution >= 0.6 is 0 Å². The summed E-state index contributed by atoms with van der Waals surface area (Å²) in [4.78, 5) is 30.5. The van der Waals surface area contributed by atoms with Crippen molar-refractivity contribution in [2.45, 2.75) is 38.6 Å². The molecule has 28 heavy (non-hydrogen) atoms. The lowest BCUT2D eigenvalue weighted by Crippen LogP contribution is -2.39. The molecule has 1 amide bonds. The van der Waals surface area contributed by atoms with Gasteiger partial charge >= 0.3 is 5.97 Å². The molecular formula is C21H23N3O4. The Hall–Kier alpha value is -3.09. The van der Waals surface area contributed by atoms with Crippen molar-refractivity contribution in [2.75, 3.05) is 13.1 Å². The number of furan rings is 1. The minimum atomic E-state index is -1.11. The molecule has 1 aliphatic rings. The first-order valence-electron chi connectivity index (χ1n) is 9.53. The number of carboxylic acids is 1. The molecule has 0 spiro atoms. The number of imidazole rings is 1. The summed E-state index contributed by atoms with van der Waals surface area (Å²) in [5, 5.41) is 9.04. The van der Waals surface area contributed by atoms with Crippen molar-refractivity contribution >= 4 is 22.9 Å². The largest absolute Gasteiger partial charge is 0.478 e. The van der Waals surface area contributed by atoms with Gasteiger partial charge in [0, 0.05) is 31.1 Å². The van der Waals surface area contributed by atoms with E-state index in [4.69, 9.17) is 14.5 Å². The summed E-state index contributed by atoms with van der Waals surface area (Å²) in [6.45, 7) is 5.44. The number of fused-ring (bicyclic) bond motifs is 1. The number of hydrogen-bond acceptors (Lipinski definition) is 4. The van der Waals surface area contributed by atoms with E-state index in [9.17, 15) is 9.59 Å². The molecule has 3 heterocycles. The number of piperidine rings is 1. The van der Waals surface area contributed by atoms with Crippen LogP contribution in [-0.4, -0.2) is 44.5 Å². The molecule has 0 bridgehead atoms. The Kier molecular flexibility index (Phi) is 4.66. The quantitative estimate of drug-likeness (QED) is 0.740. The molecule has 0 radical (unpaired) electrons. The molecule has 1 atom stereocenters. The first-order chi connectivity index (χ1) is 13.5. The highest BCUT2D eigenvalue weighted by molar-refractivity contribution is 5.95. The summed E-state index contributed by atoms with van der Waals surface area (Å²) in [6, 6.07) is 9.64. The van der Waals surface area contributed by atoms with Crippen molar-refractivity contribution in [1.29, 1.82) is 0 Å². The van der Waals surface area contributed by atoms with Crippen LogP contribution in [0.2, 0.25) is 0 Å². The van der Waals surface area contributed by atoms with Gasteiger partial charge in [-0.05, 0) is 38.8 Å². The van der Waals surface area contributed by atoms with Gasteiger partial charge in [0.2, 0.25) is 0 Å². The zero-order valence-electron chi connectivity index (χ0n) is 16.0. The topological polar surface area (TPSA) is 88.6 Å². The molecule has 1 saturated heterocycles. The standard InChI is InChI=1S/C21H23N3O4/c1-13(2)24-17-8-4-3-7-16(17)22-19(24)14-6-5-9-23(11-14)20(25)18-10-15(12-28-18)21(26)27/h3-4,7-8,10,12-14H,5-6,9,11H2,1-2H3,(H,26,27). The fourth-order valence-corrected chi connectivity index (χ4v) is 3.98. The van der Waals surface area contributed by atoms with E-state index >= 15 is 0 Å². The number of rotatable bonds is 4. The first-order valence-corrected chi connectivity index (χ1v) is 9.53. The third-order valence-electron chi connectivity index (χ3n) is 5.27. The minimum Gasteiger partial charge on any atom is -0.478 e. The SMILES string of the molecule is CC(C)n1c(C2CCCN(C(=O)c3cc(C(=O)O)co3)C2)nc2ccccc21. The first kappa shape index (κ1) is 18.3. The normalized spacial score (nSPS) is 17.4. The van der Waals surface area contributed by atoms with Crippen LogP contribution in [0.3, 0.4) is 0 Å². The monoisotopic (exact) mass is 381 g/mol. The molecule has 7 nitrogen and oxygen atoms in total. The fraction of sp³-hybridized carbons (Fsp3) is 0.381. The fourth-order valence-electron chi connectivity index (χ4n) is 3.98. The second-order valence-electron chi connectivity index (χ2n) is 7.52. The third kappa shape index (κ3) is 3.17. The molecule has 7 heteroatoms. The second-order valence-corrected chi connectivity index (χ2v) is 7.52. The Morgan fingerprint density at radius 2 is 2.07 bits per heavy atom. The molecule has 146 valence electrons. The van der Waals surface area contributed by atoms with E-state index in [-0.39, 0.29) is 29.2 Å². The summed E-state index contributed by atoms with van der Waals surface area (Å²) in [7, 11) is 0. The maximum Gasteiger partial charge on any atom is 0.338 e. The van der Waals surface area contributed by atoms with Crippen LogP contribution in [0.1, 0.15) is 65.4 Å². The number of aromatic nitrogens is 2. The van der Waals surface area contributed by atoms with Gasteiger partial charge in [0.25, 0.3) is 5.91 Å². The number of carbonyl (C=O) groups excluding carboxylic acids is 1. The number of benzene rings is 1. The number of likely N-dealkylation sites (tertiary alicyclic amines) is 1. The van der Waals surface area contributed by atoms with Crippen LogP contribution in [0.5, 0.6) is 0 Å². The van der Waals surface area contributed by atoms with Crippen molar-refractivity contribution < 1.29 is 19.1 Å². The van der Waals surface area contributed by atoms with Gasteiger partial charge in [-0.2, -0.15) is 0 Å². The molecule has 1 N–H and O–H groups in total. The zero-order valence-corrected chi connectivity index (χ0v) is 16.0. The number of amides is 1. The Morgan fingerprint density at radius 1 is 1.29 bits per heavy atom. The Labute approximate surface area is 162 Å². The van der Waals surface area contributed by atoms with Crippen molar-refractivity contribution in [2.24, 2.45) is 0 Å². The predicted molar refractivity (Wildman–Crippen MR) is 104 cm³/mol. The van der Waals surface area contributed by atoms with Crippen molar-refractivity contribution in [3.63, 3.8) is 0 Å². The van der Waals surface area contributed by atoms with Gasteiger partial charge in [-0.1, -0.05) is 12.1 Å². The summed E-state index contributed by atoms with van der Waals surface area (Å²) >= 11 is 0. The summed E-state index contributed by atoms with van der Waals surface area (Å²) in [5.74, 6) is -0.189. The van der Waals surface area contributed by atoms with Crippen molar-refractivity contribution in [3.05, 3.63) is 53.7 Å². The molecule has 1 aromatic carbocycles. The van der Waals surface area contributed by atoms with Crippen LogP contribution in [-0.2, 0) is 0 Å². The van der Waals surface area contributed by atoms with Gasteiger partial charge in [-0.3, -0.25) is 4.79 Å². The zero-order chi connectivity index (χ0) is 19.8. The van der Waals surface area contributed by atoms with E-state index < -0.39 is 5.97 Å². The van der Waals surface area contributed by atoms with Gasteiger partial charge in [-0.15, -0.1) is 0 Å². The van der Waals surface area contributed by atoms with Gasteiger partial charge in [-0.25, -0.2) is 9.78 Å².